The van der Waals surface area contributed by atoms with Crippen molar-refractivity contribution in [3.8, 4) is 0 Å². The van der Waals surface area contributed by atoms with E-state index in [-0.39, 0.29) is 5.78 Å². The summed E-state index contributed by atoms with van der Waals surface area (Å²) in [5.74, 6) is 0.0834. The van der Waals surface area contributed by atoms with Crippen LogP contribution in [-0.2, 0) is 4.79 Å². The number of hydrogen-bond donors (Lipinski definition) is 1. The van der Waals surface area contributed by atoms with Gasteiger partial charge < -0.3 is 10.2 Å². The second kappa shape index (κ2) is 5.64. The van der Waals surface area contributed by atoms with Crippen LogP contribution in [0.5, 0.6) is 0 Å². The van der Waals surface area contributed by atoms with Crippen molar-refractivity contribution in [3.05, 3.63) is 35.9 Å². The van der Waals surface area contributed by atoms with E-state index in [9.17, 15) is 4.79 Å². The average Bonchev–Trinajstić information content (AvgIpc) is 2.38. The number of carbonyl (C=O) groups is 1. The lowest BCUT2D eigenvalue weighted by atomic mass is 10.1. The molecule has 0 aliphatic carbocycles. The van der Waals surface area contributed by atoms with Crippen LogP contribution in [0, 0.1) is 0 Å². The Bertz CT molecular complexity index is 420. The van der Waals surface area contributed by atoms with Crippen molar-refractivity contribution in [3.63, 3.8) is 0 Å². The molecule has 2 rings (SSSR count). The molecule has 0 unspecified atom stereocenters. The molecule has 1 N–H and O–H groups in total. The molecule has 3 heteroatoms. The lowest BCUT2D eigenvalue weighted by molar-refractivity contribution is -0.112. The van der Waals surface area contributed by atoms with E-state index >= 15 is 0 Å². The Hall–Kier alpha value is -1.61. The molecule has 0 aromatic heterocycles. The smallest absolute Gasteiger partial charge is 0.152 e. The number of benzene rings is 1. The Kier molecular flexibility index (Phi) is 3.94. The van der Waals surface area contributed by atoms with Gasteiger partial charge in [-0.15, -0.1) is 0 Å². The van der Waals surface area contributed by atoms with Crippen LogP contribution >= 0.6 is 0 Å². The minimum Gasteiger partial charge on any atom is -0.369 e. The van der Waals surface area contributed by atoms with Crippen LogP contribution in [0.15, 0.2) is 30.3 Å². The first kappa shape index (κ1) is 11.9. The molecule has 1 saturated heterocycles. The predicted octanol–water partition coefficient (Wildman–Crippen LogP) is 1.70. The van der Waals surface area contributed by atoms with E-state index in [1.807, 2.05) is 18.2 Å². The van der Waals surface area contributed by atoms with Crippen LogP contribution in [0.2, 0.25) is 0 Å². The number of hydrogen-bond acceptors (Lipinski definition) is 3. The molecule has 17 heavy (non-hydrogen) atoms. The fraction of sp³-hybridized carbons (Fsp3) is 0.357. The number of anilines is 1. The summed E-state index contributed by atoms with van der Waals surface area (Å²) in [6, 6.07) is 8.22. The maximum atomic E-state index is 11.0. The fourth-order valence-corrected chi connectivity index (χ4v) is 2.03. The van der Waals surface area contributed by atoms with Gasteiger partial charge in [-0.05, 0) is 30.7 Å². The summed E-state index contributed by atoms with van der Waals surface area (Å²) >= 11 is 0. The third kappa shape index (κ3) is 3.17. The molecule has 1 aromatic rings. The van der Waals surface area contributed by atoms with Gasteiger partial charge in [0.25, 0.3) is 0 Å². The van der Waals surface area contributed by atoms with Gasteiger partial charge in [-0.3, -0.25) is 4.79 Å². The highest BCUT2D eigenvalue weighted by atomic mass is 16.1. The number of allylic oxidation sites excluding steroid dienone is 1. The van der Waals surface area contributed by atoms with Gasteiger partial charge in [0.15, 0.2) is 5.78 Å². The Balaban J connectivity index is 2.23. The number of carbonyl (C=O) groups excluding carboxylic acids is 1. The zero-order valence-electron chi connectivity index (χ0n) is 10.1. The third-order valence-electron chi connectivity index (χ3n) is 2.89. The lowest BCUT2D eigenvalue weighted by Crippen LogP contribution is -2.43. The van der Waals surface area contributed by atoms with Crippen LogP contribution in [-0.4, -0.2) is 32.0 Å². The van der Waals surface area contributed by atoms with Crippen molar-refractivity contribution in [1.82, 2.24) is 5.32 Å². The number of para-hydroxylation sites is 1. The molecule has 1 heterocycles. The Morgan fingerprint density at radius 1 is 1.29 bits per heavy atom. The zero-order chi connectivity index (χ0) is 12.1. The van der Waals surface area contributed by atoms with Crippen molar-refractivity contribution >= 4 is 17.5 Å². The van der Waals surface area contributed by atoms with Gasteiger partial charge in [-0.1, -0.05) is 18.2 Å². The molecule has 1 fully saturated rings. The van der Waals surface area contributed by atoms with Crippen LogP contribution in [0.25, 0.3) is 6.08 Å². The molecular formula is C14H18N2O. The average molecular weight is 230 g/mol. The first-order valence-corrected chi connectivity index (χ1v) is 6.01. The van der Waals surface area contributed by atoms with E-state index in [0.717, 1.165) is 31.7 Å². The van der Waals surface area contributed by atoms with Crippen LogP contribution < -0.4 is 10.2 Å². The molecule has 1 aliphatic rings. The molecule has 0 spiro atoms. The van der Waals surface area contributed by atoms with Gasteiger partial charge in [0.05, 0.1) is 0 Å². The lowest BCUT2D eigenvalue weighted by Gasteiger charge is -2.30. The van der Waals surface area contributed by atoms with Crippen molar-refractivity contribution in [1.29, 1.82) is 0 Å². The van der Waals surface area contributed by atoms with Crippen molar-refractivity contribution in [2.24, 2.45) is 0 Å². The van der Waals surface area contributed by atoms with E-state index in [1.54, 1.807) is 13.0 Å². The Labute approximate surface area is 102 Å². The molecule has 0 amide bonds. The largest absolute Gasteiger partial charge is 0.369 e. The molecule has 1 aliphatic heterocycles. The fourth-order valence-electron chi connectivity index (χ4n) is 2.03. The van der Waals surface area contributed by atoms with Gasteiger partial charge in [0, 0.05) is 31.9 Å². The predicted molar refractivity (Wildman–Crippen MR) is 71.2 cm³/mol. The van der Waals surface area contributed by atoms with E-state index < -0.39 is 0 Å². The van der Waals surface area contributed by atoms with Crippen LogP contribution in [0.1, 0.15) is 12.5 Å². The minimum absolute atomic E-state index is 0.0834. The second-order valence-corrected chi connectivity index (χ2v) is 4.24. The van der Waals surface area contributed by atoms with Crippen LogP contribution in [0.3, 0.4) is 0 Å². The highest BCUT2D eigenvalue weighted by Gasteiger charge is 2.12. The van der Waals surface area contributed by atoms with E-state index in [1.165, 1.54) is 5.69 Å². The molecule has 90 valence electrons. The molecular weight excluding hydrogens is 212 g/mol. The van der Waals surface area contributed by atoms with Gasteiger partial charge in [0.1, 0.15) is 0 Å². The Morgan fingerprint density at radius 2 is 2.00 bits per heavy atom. The SMILES string of the molecule is CC(=O)/C=C/c1ccccc1N1CCNCC1. The topological polar surface area (TPSA) is 32.3 Å². The summed E-state index contributed by atoms with van der Waals surface area (Å²) in [6.45, 7) is 5.65. The molecule has 0 radical (unpaired) electrons. The number of nitrogens with zero attached hydrogens (tertiary/aromatic N) is 1. The summed E-state index contributed by atoms with van der Waals surface area (Å²) in [7, 11) is 0. The van der Waals surface area contributed by atoms with E-state index in [4.69, 9.17) is 0 Å². The zero-order valence-corrected chi connectivity index (χ0v) is 10.1. The molecule has 1 aromatic carbocycles. The first-order valence-electron chi connectivity index (χ1n) is 6.01. The summed E-state index contributed by atoms with van der Waals surface area (Å²) in [5, 5.41) is 3.34. The summed E-state index contributed by atoms with van der Waals surface area (Å²) in [5.41, 5.74) is 2.33. The number of ketones is 1. The van der Waals surface area contributed by atoms with Crippen molar-refractivity contribution in [2.75, 3.05) is 31.1 Å². The second-order valence-electron chi connectivity index (χ2n) is 4.24. The molecule has 0 saturated carbocycles. The molecule has 0 bridgehead atoms. The van der Waals surface area contributed by atoms with E-state index in [2.05, 4.69) is 22.3 Å². The van der Waals surface area contributed by atoms with Gasteiger partial charge in [0.2, 0.25) is 0 Å². The molecule has 0 atom stereocenters. The van der Waals surface area contributed by atoms with E-state index in [0.29, 0.717) is 0 Å². The highest BCUT2D eigenvalue weighted by molar-refractivity contribution is 5.92. The van der Waals surface area contributed by atoms with Gasteiger partial charge >= 0.3 is 0 Å². The summed E-state index contributed by atoms with van der Waals surface area (Å²) < 4.78 is 0. The highest BCUT2D eigenvalue weighted by Crippen LogP contribution is 2.21. The minimum atomic E-state index is 0.0834. The third-order valence-corrected chi connectivity index (χ3v) is 2.89. The number of nitrogens with one attached hydrogen (secondary N) is 1. The first-order chi connectivity index (χ1) is 8.27. The maximum Gasteiger partial charge on any atom is 0.152 e. The number of rotatable bonds is 3. The molecule has 3 nitrogen and oxygen atoms in total. The monoisotopic (exact) mass is 230 g/mol. The van der Waals surface area contributed by atoms with Crippen molar-refractivity contribution in [2.45, 2.75) is 6.92 Å². The Morgan fingerprint density at radius 3 is 2.71 bits per heavy atom. The normalized spacial score (nSPS) is 16.4. The quantitative estimate of drug-likeness (QED) is 0.802. The summed E-state index contributed by atoms with van der Waals surface area (Å²) in [6.07, 6.45) is 3.53. The van der Waals surface area contributed by atoms with Crippen LogP contribution in [0.4, 0.5) is 5.69 Å². The van der Waals surface area contributed by atoms with Gasteiger partial charge in [-0.25, -0.2) is 0 Å². The summed E-state index contributed by atoms with van der Waals surface area (Å²) in [4.78, 5) is 13.4. The van der Waals surface area contributed by atoms with Crippen molar-refractivity contribution < 1.29 is 4.79 Å². The standard InChI is InChI=1S/C14H18N2O/c1-12(17)6-7-13-4-2-3-5-14(13)16-10-8-15-9-11-16/h2-7,15H,8-11H2,1H3/b7-6+. The van der Waals surface area contributed by atoms with Gasteiger partial charge in [-0.2, -0.15) is 0 Å². The number of piperazine rings is 1. The maximum absolute atomic E-state index is 11.0.